The largest absolute Gasteiger partial charge is 0.465 e. The topological polar surface area (TPSA) is 177 Å². The van der Waals surface area contributed by atoms with Crippen molar-refractivity contribution in [3.8, 4) is 11.3 Å². The number of amides is 5. The van der Waals surface area contributed by atoms with E-state index < -0.39 is 47.7 Å². The average molecular weight is 840 g/mol. The number of rotatable bonds is 19. The van der Waals surface area contributed by atoms with Crippen LogP contribution in [0.4, 0.5) is 9.59 Å². The molecular weight excluding hydrogens is 779 g/mol. The van der Waals surface area contributed by atoms with Crippen molar-refractivity contribution in [2.75, 3.05) is 13.1 Å². The molecule has 0 radical (unpaired) electrons. The van der Waals surface area contributed by atoms with Gasteiger partial charge in [0.25, 0.3) is 0 Å². The standard InChI is InChI=1S/C46H61N7O6S/c1-8-30(4)39(53-23-22-52(45(53)59)27-35-28-60-43(49-35)29(2)3)41(55)48-34(24-31-14-10-9-11-15-31)26-38(54)37(50-42(56)40(46(5,6)7)51-44(57)58)25-32-17-19-33(20-18-32)36-16-12-13-21-47-36/h9-21,28-30,34,37-40,51,54H,8,22-27H2,1-7H3,(H,48,55)(H,50,56)(H,57,58)/t30?,34-,37-,38-,39-,40+/m0/s1. The zero-order valence-electron chi connectivity index (χ0n) is 35.8. The molecule has 3 heterocycles. The van der Waals surface area contributed by atoms with E-state index in [4.69, 9.17) is 4.98 Å². The molecule has 5 N–H and O–H groups in total. The molecular formula is C46H61N7O6S. The Balaban J connectivity index is 1.40. The highest BCUT2D eigenvalue weighted by Gasteiger charge is 2.41. The van der Waals surface area contributed by atoms with E-state index in [1.165, 1.54) is 0 Å². The Bertz CT molecular complexity index is 2020. The summed E-state index contributed by atoms with van der Waals surface area (Å²) in [6.07, 6.45) is 0.520. The Morgan fingerprint density at radius 2 is 1.55 bits per heavy atom. The summed E-state index contributed by atoms with van der Waals surface area (Å²) in [7, 11) is 0. The molecule has 6 atom stereocenters. The molecule has 14 heteroatoms. The summed E-state index contributed by atoms with van der Waals surface area (Å²) < 4.78 is 0. The van der Waals surface area contributed by atoms with Crippen LogP contribution in [-0.2, 0) is 29.0 Å². The number of aliphatic hydroxyl groups excluding tert-OH is 1. The Hall–Kier alpha value is -5.34. The normalized spacial score (nSPS) is 16.2. The van der Waals surface area contributed by atoms with Crippen molar-refractivity contribution in [2.45, 2.75) is 117 Å². The van der Waals surface area contributed by atoms with Crippen molar-refractivity contribution < 1.29 is 29.4 Å². The number of pyridine rings is 1. The van der Waals surface area contributed by atoms with Crippen LogP contribution in [0.25, 0.3) is 11.3 Å². The van der Waals surface area contributed by atoms with E-state index in [1.54, 1.807) is 48.1 Å². The number of carboxylic acid groups (broad SMARTS) is 1. The molecule has 1 unspecified atom stereocenters. The predicted octanol–water partition coefficient (Wildman–Crippen LogP) is 6.87. The first-order valence-electron chi connectivity index (χ1n) is 20.9. The third-order valence-electron chi connectivity index (χ3n) is 11.1. The number of hydrogen-bond acceptors (Lipinski definition) is 8. The maximum absolute atomic E-state index is 14.5. The smallest absolute Gasteiger partial charge is 0.405 e. The Morgan fingerprint density at radius 3 is 2.15 bits per heavy atom. The maximum Gasteiger partial charge on any atom is 0.405 e. The molecule has 1 saturated heterocycles. The molecule has 5 amide bonds. The number of carbonyl (C=O) groups excluding carboxylic acids is 3. The van der Waals surface area contributed by atoms with Gasteiger partial charge in [0.15, 0.2) is 0 Å². The quantitative estimate of drug-likeness (QED) is 0.0680. The van der Waals surface area contributed by atoms with E-state index in [0.717, 1.165) is 33.1 Å². The predicted molar refractivity (Wildman–Crippen MR) is 234 cm³/mol. The van der Waals surface area contributed by atoms with Gasteiger partial charge in [0.2, 0.25) is 11.8 Å². The molecule has 0 aliphatic carbocycles. The van der Waals surface area contributed by atoms with Gasteiger partial charge in [-0.25, -0.2) is 14.6 Å². The molecule has 1 aliphatic heterocycles. The molecule has 0 saturated carbocycles. The van der Waals surface area contributed by atoms with Gasteiger partial charge in [-0.3, -0.25) is 14.6 Å². The second-order valence-corrected chi connectivity index (χ2v) is 18.1. The minimum atomic E-state index is -1.34. The number of nitrogens with one attached hydrogen (secondary N) is 3. The van der Waals surface area contributed by atoms with Crippen LogP contribution in [0.1, 0.15) is 89.1 Å². The highest BCUT2D eigenvalue weighted by atomic mass is 32.1. The van der Waals surface area contributed by atoms with Crippen molar-refractivity contribution in [1.29, 1.82) is 0 Å². The van der Waals surface area contributed by atoms with Crippen LogP contribution in [0.3, 0.4) is 0 Å². The zero-order chi connectivity index (χ0) is 43.6. The van der Waals surface area contributed by atoms with E-state index in [2.05, 4.69) is 34.8 Å². The summed E-state index contributed by atoms with van der Waals surface area (Å²) in [5.41, 5.74) is 3.53. The van der Waals surface area contributed by atoms with Gasteiger partial charge in [-0.1, -0.05) is 116 Å². The fourth-order valence-electron chi connectivity index (χ4n) is 7.57. The fourth-order valence-corrected chi connectivity index (χ4v) is 8.40. The van der Waals surface area contributed by atoms with E-state index in [9.17, 15) is 29.4 Å². The SMILES string of the molecule is CCC(C)[C@@H](C(=O)N[C@@H](Cc1ccccc1)C[C@H](O)[C@H](Cc1ccc(-c2ccccn2)cc1)NC(=O)[C@@H](NC(=O)O)C(C)(C)C)N1CCN(Cc2csc(C(C)C)n2)C1=O. The Labute approximate surface area is 358 Å². The summed E-state index contributed by atoms with van der Waals surface area (Å²) in [6, 6.07) is 19.5. The van der Waals surface area contributed by atoms with Gasteiger partial charge in [-0.2, -0.15) is 0 Å². The monoisotopic (exact) mass is 839 g/mol. The first kappa shape index (κ1) is 45.7. The van der Waals surface area contributed by atoms with Crippen LogP contribution in [-0.4, -0.2) is 97.3 Å². The van der Waals surface area contributed by atoms with Crippen LogP contribution in [0.2, 0.25) is 0 Å². The van der Waals surface area contributed by atoms with Crippen LogP contribution in [0.15, 0.2) is 84.4 Å². The van der Waals surface area contributed by atoms with Crippen LogP contribution >= 0.6 is 11.3 Å². The number of carbonyl (C=O) groups is 4. The third-order valence-corrected chi connectivity index (χ3v) is 12.3. The highest BCUT2D eigenvalue weighted by Crippen LogP contribution is 2.26. The number of aliphatic hydroxyl groups is 1. The van der Waals surface area contributed by atoms with Gasteiger partial charge in [0, 0.05) is 42.2 Å². The molecule has 4 aromatic rings. The lowest BCUT2D eigenvalue weighted by Gasteiger charge is -2.35. The van der Waals surface area contributed by atoms with Gasteiger partial charge < -0.3 is 36.0 Å². The summed E-state index contributed by atoms with van der Waals surface area (Å²) >= 11 is 1.58. The molecule has 13 nitrogen and oxygen atoms in total. The highest BCUT2D eigenvalue weighted by molar-refractivity contribution is 7.09. The molecule has 322 valence electrons. The molecule has 5 rings (SSSR count). The summed E-state index contributed by atoms with van der Waals surface area (Å²) in [6.45, 7) is 14.7. The van der Waals surface area contributed by atoms with Crippen molar-refractivity contribution >= 4 is 35.3 Å². The minimum Gasteiger partial charge on any atom is -0.465 e. The number of urea groups is 1. The van der Waals surface area contributed by atoms with Gasteiger partial charge in [-0.05, 0) is 53.9 Å². The van der Waals surface area contributed by atoms with Crippen molar-refractivity contribution in [3.05, 3.63) is 106 Å². The van der Waals surface area contributed by atoms with Gasteiger partial charge in [-0.15, -0.1) is 11.3 Å². The molecule has 2 aromatic heterocycles. The zero-order valence-corrected chi connectivity index (χ0v) is 36.6. The lowest BCUT2D eigenvalue weighted by Crippen LogP contribution is -2.58. The van der Waals surface area contributed by atoms with Gasteiger partial charge >= 0.3 is 12.1 Å². The second kappa shape index (κ2) is 20.8. The summed E-state index contributed by atoms with van der Waals surface area (Å²) in [5.74, 6) is -0.761. The average Bonchev–Trinajstić information content (AvgIpc) is 3.83. The summed E-state index contributed by atoms with van der Waals surface area (Å²) in [4.78, 5) is 66.7. The van der Waals surface area contributed by atoms with E-state index in [0.29, 0.717) is 38.4 Å². The molecule has 1 fully saturated rings. The fraction of sp³-hybridized carbons (Fsp3) is 0.478. The van der Waals surface area contributed by atoms with Crippen LogP contribution in [0, 0.1) is 11.3 Å². The lowest BCUT2D eigenvalue weighted by molar-refractivity contribution is -0.129. The first-order valence-corrected chi connectivity index (χ1v) is 21.7. The lowest BCUT2D eigenvalue weighted by atomic mass is 9.85. The third kappa shape index (κ3) is 12.4. The molecule has 2 aromatic carbocycles. The van der Waals surface area contributed by atoms with E-state index in [-0.39, 0.29) is 30.7 Å². The van der Waals surface area contributed by atoms with Gasteiger partial charge in [0.1, 0.15) is 12.1 Å². The van der Waals surface area contributed by atoms with Crippen molar-refractivity contribution in [3.63, 3.8) is 0 Å². The van der Waals surface area contributed by atoms with E-state index in [1.807, 2.05) is 92.0 Å². The van der Waals surface area contributed by atoms with Crippen LogP contribution < -0.4 is 16.0 Å². The maximum atomic E-state index is 14.5. The van der Waals surface area contributed by atoms with Crippen molar-refractivity contribution in [2.24, 2.45) is 11.3 Å². The number of thiazole rings is 1. The number of nitrogens with zero attached hydrogens (tertiary/aromatic N) is 4. The minimum absolute atomic E-state index is 0.0550. The second-order valence-electron chi connectivity index (χ2n) is 17.2. The number of benzene rings is 2. The summed E-state index contributed by atoms with van der Waals surface area (Å²) in [5, 5.41) is 33.3. The first-order chi connectivity index (χ1) is 28.5. The number of aromatic nitrogens is 2. The molecule has 1 aliphatic rings. The molecule has 0 bridgehead atoms. The van der Waals surface area contributed by atoms with Gasteiger partial charge in [0.05, 0.1) is 35.1 Å². The van der Waals surface area contributed by atoms with Crippen LogP contribution in [0.5, 0.6) is 0 Å². The van der Waals surface area contributed by atoms with Crippen molar-refractivity contribution in [1.82, 2.24) is 35.7 Å². The Morgan fingerprint density at radius 1 is 0.867 bits per heavy atom. The van der Waals surface area contributed by atoms with E-state index >= 15 is 0 Å². The molecule has 60 heavy (non-hydrogen) atoms. The Kier molecular flexibility index (Phi) is 15.8. The molecule has 0 spiro atoms. The number of hydrogen-bond donors (Lipinski definition) is 5.